The van der Waals surface area contributed by atoms with Gasteiger partial charge in [0.05, 0.1) is 6.61 Å². The topological polar surface area (TPSA) is 20.2 Å². The average molecular weight is 233 g/mol. The summed E-state index contributed by atoms with van der Waals surface area (Å²) >= 11 is 3.26. The summed E-state index contributed by atoms with van der Waals surface area (Å²) in [5.74, 6) is 0. The molecular weight excluding hydrogens is 223 g/mol. The Morgan fingerprint density at radius 3 is 2.67 bits per heavy atom. The van der Waals surface area contributed by atoms with Crippen molar-refractivity contribution >= 4 is 15.9 Å². The van der Waals surface area contributed by atoms with Crippen molar-refractivity contribution in [3.05, 3.63) is 33.8 Å². The molecule has 0 fully saturated rings. The second-order valence-electron chi connectivity index (χ2n) is 2.71. The van der Waals surface area contributed by atoms with Crippen molar-refractivity contribution in [3.63, 3.8) is 0 Å². The zero-order valence-corrected chi connectivity index (χ0v) is 8.31. The van der Waals surface area contributed by atoms with Crippen LogP contribution in [-0.2, 0) is 0 Å². The minimum atomic E-state index is -1.28. The number of aliphatic hydroxyl groups excluding tert-OH is 1. The molecule has 0 saturated carbocycles. The SMILES string of the molecule is Cc1cc(Br)cc(C(F)CO)c1. The highest BCUT2D eigenvalue weighted by atomic mass is 79.9. The Labute approximate surface area is 79.4 Å². The molecule has 66 valence electrons. The molecule has 1 unspecified atom stereocenters. The highest BCUT2D eigenvalue weighted by Gasteiger charge is 2.08. The molecule has 0 bridgehead atoms. The molecule has 0 radical (unpaired) electrons. The van der Waals surface area contributed by atoms with E-state index in [9.17, 15) is 4.39 Å². The molecule has 0 heterocycles. The van der Waals surface area contributed by atoms with E-state index in [0.717, 1.165) is 10.0 Å². The first-order valence-electron chi connectivity index (χ1n) is 3.65. The summed E-state index contributed by atoms with van der Waals surface area (Å²) in [5, 5.41) is 8.58. The number of alkyl halides is 1. The van der Waals surface area contributed by atoms with Crippen LogP contribution in [0, 0.1) is 6.92 Å². The summed E-state index contributed by atoms with van der Waals surface area (Å²) in [5.41, 5.74) is 1.50. The third kappa shape index (κ3) is 2.29. The number of halogens is 2. The van der Waals surface area contributed by atoms with Gasteiger partial charge in [0.2, 0.25) is 0 Å². The van der Waals surface area contributed by atoms with Gasteiger partial charge in [0.1, 0.15) is 6.17 Å². The van der Waals surface area contributed by atoms with E-state index in [-0.39, 0.29) is 0 Å². The molecule has 0 aliphatic rings. The maximum Gasteiger partial charge on any atom is 0.148 e. The van der Waals surface area contributed by atoms with Gasteiger partial charge in [0, 0.05) is 4.47 Å². The molecule has 1 aromatic rings. The van der Waals surface area contributed by atoms with Gasteiger partial charge in [-0.25, -0.2) is 4.39 Å². The molecule has 1 rings (SSSR count). The van der Waals surface area contributed by atoms with Gasteiger partial charge in [-0.05, 0) is 30.2 Å². The normalized spacial score (nSPS) is 13.0. The third-order valence-corrected chi connectivity index (χ3v) is 2.04. The molecule has 3 heteroatoms. The summed E-state index contributed by atoms with van der Waals surface area (Å²) in [7, 11) is 0. The molecule has 0 spiro atoms. The first-order chi connectivity index (χ1) is 5.63. The molecule has 12 heavy (non-hydrogen) atoms. The van der Waals surface area contributed by atoms with Gasteiger partial charge in [-0.15, -0.1) is 0 Å². The van der Waals surface area contributed by atoms with E-state index >= 15 is 0 Å². The summed E-state index contributed by atoms with van der Waals surface area (Å²) in [6.45, 7) is 1.42. The van der Waals surface area contributed by atoms with Gasteiger partial charge >= 0.3 is 0 Å². The minimum Gasteiger partial charge on any atom is -0.393 e. The summed E-state index contributed by atoms with van der Waals surface area (Å²) in [6.07, 6.45) is -1.28. The van der Waals surface area contributed by atoms with E-state index in [2.05, 4.69) is 15.9 Å². The Morgan fingerprint density at radius 1 is 1.50 bits per heavy atom. The maximum absolute atomic E-state index is 13.0. The van der Waals surface area contributed by atoms with Gasteiger partial charge in [-0.2, -0.15) is 0 Å². The molecule has 1 N–H and O–H groups in total. The fourth-order valence-corrected chi connectivity index (χ4v) is 1.68. The Bertz CT molecular complexity index is 255. The summed E-state index contributed by atoms with van der Waals surface area (Å²) in [4.78, 5) is 0. The van der Waals surface area contributed by atoms with Crippen LogP contribution in [0.5, 0.6) is 0 Å². The molecule has 0 aromatic heterocycles. The van der Waals surface area contributed by atoms with Crippen LogP contribution in [0.4, 0.5) is 4.39 Å². The van der Waals surface area contributed by atoms with Crippen LogP contribution in [0.2, 0.25) is 0 Å². The molecule has 1 atom stereocenters. The first-order valence-corrected chi connectivity index (χ1v) is 4.45. The second kappa shape index (κ2) is 4.01. The van der Waals surface area contributed by atoms with Gasteiger partial charge in [-0.3, -0.25) is 0 Å². The third-order valence-electron chi connectivity index (χ3n) is 1.59. The Kier molecular flexibility index (Phi) is 3.23. The van der Waals surface area contributed by atoms with Crippen molar-refractivity contribution in [1.82, 2.24) is 0 Å². The standard InChI is InChI=1S/C9H10BrFO/c1-6-2-7(9(11)5-12)4-8(10)3-6/h2-4,9,12H,5H2,1H3. The number of rotatable bonds is 2. The van der Waals surface area contributed by atoms with Crippen molar-refractivity contribution in [1.29, 1.82) is 0 Å². The molecular formula is C9H10BrFO. The number of benzene rings is 1. The van der Waals surface area contributed by atoms with E-state index in [1.54, 1.807) is 12.1 Å². The predicted molar refractivity (Wildman–Crippen MR) is 49.8 cm³/mol. The fourth-order valence-electron chi connectivity index (χ4n) is 1.05. The van der Waals surface area contributed by atoms with Crippen molar-refractivity contribution < 1.29 is 9.50 Å². The van der Waals surface area contributed by atoms with Gasteiger partial charge in [-0.1, -0.05) is 22.0 Å². The highest BCUT2D eigenvalue weighted by molar-refractivity contribution is 9.10. The van der Waals surface area contributed by atoms with E-state index in [4.69, 9.17) is 5.11 Å². The lowest BCUT2D eigenvalue weighted by Gasteiger charge is -2.06. The maximum atomic E-state index is 13.0. The zero-order valence-electron chi connectivity index (χ0n) is 6.72. The average Bonchev–Trinajstić information content (AvgIpc) is 2.01. The summed E-state index contributed by atoms with van der Waals surface area (Å²) in [6, 6.07) is 5.30. The highest BCUT2D eigenvalue weighted by Crippen LogP contribution is 2.22. The second-order valence-corrected chi connectivity index (χ2v) is 3.63. The van der Waals surface area contributed by atoms with Crippen LogP contribution in [0.1, 0.15) is 17.3 Å². The molecule has 0 amide bonds. The van der Waals surface area contributed by atoms with Crippen molar-refractivity contribution in [3.8, 4) is 0 Å². The Morgan fingerprint density at radius 2 is 2.17 bits per heavy atom. The molecule has 1 nitrogen and oxygen atoms in total. The molecule has 0 saturated heterocycles. The van der Waals surface area contributed by atoms with Gasteiger partial charge in [0.15, 0.2) is 0 Å². The quantitative estimate of drug-likeness (QED) is 0.832. The largest absolute Gasteiger partial charge is 0.393 e. The first kappa shape index (κ1) is 9.68. The van der Waals surface area contributed by atoms with Crippen LogP contribution in [0.15, 0.2) is 22.7 Å². The van der Waals surface area contributed by atoms with Crippen LogP contribution in [0.25, 0.3) is 0 Å². The van der Waals surface area contributed by atoms with Crippen LogP contribution < -0.4 is 0 Å². The minimum absolute atomic E-state index is 0.462. The van der Waals surface area contributed by atoms with Gasteiger partial charge in [0.25, 0.3) is 0 Å². The van der Waals surface area contributed by atoms with E-state index in [1.807, 2.05) is 13.0 Å². The molecule has 1 aromatic carbocycles. The lowest BCUT2D eigenvalue weighted by molar-refractivity contribution is 0.180. The van der Waals surface area contributed by atoms with E-state index < -0.39 is 12.8 Å². The lowest BCUT2D eigenvalue weighted by Crippen LogP contribution is -1.97. The van der Waals surface area contributed by atoms with Crippen molar-refractivity contribution in [2.24, 2.45) is 0 Å². The fraction of sp³-hybridized carbons (Fsp3) is 0.333. The summed E-state index contributed by atoms with van der Waals surface area (Å²) < 4.78 is 13.8. The Balaban J connectivity index is 3.00. The molecule has 0 aliphatic carbocycles. The van der Waals surface area contributed by atoms with Gasteiger partial charge < -0.3 is 5.11 Å². The van der Waals surface area contributed by atoms with Crippen LogP contribution in [-0.4, -0.2) is 11.7 Å². The van der Waals surface area contributed by atoms with Crippen LogP contribution in [0.3, 0.4) is 0 Å². The van der Waals surface area contributed by atoms with Crippen molar-refractivity contribution in [2.45, 2.75) is 13.1 Å². The number of hydrogen-bond acceptors (Lipinski definition) is 1. The molecule has 0 aliphatic heterocycles. The lowest BCUT2D eigenvalue weighted by atomic mass is 10.1. The monoisotopic (exact) mass is 232 g/mol. The van der Waals surface area contributed by atoms with E-state index in [1.165, 1.54) is 0 Å². The predicted octanol–water partition coefficient (Wildman–Crippen LogP) is 2.76. The smallest absolute Gasteiger partial charge is 0.148 e. The van der Waals surface area contributed by atoms with E-state index in [0.29, 0.717) is 5.56 Å². The van der Waals surface area contributed by atoms with Crippen molar-refractivity contribution in [2.75, 3.05) is 6.61 Å². The number of aliphatic hydroxyl groups is 1. The zero-order chi connectivity index (χ0) is 9.14. The Hall–Kier alpha value is -0.410. The number of aryl methyl sites for hydroxylation is 1. The van der Waals surface area contributed by atoms with Crippen LogP contribution >= 0.6 is 15.9 Å². The number of hydrogen-bond donors (Lipinski definition) is 1.